The van der Waals surface area contributed by atoms with Gasteiger partial charge in [0.15, 0.2) is 11.6 Å². The number of amides is 1. The number of nitrogens with one attached hydrogen (secondary N) is 1. The van der Waals surface area contributed by atoms with Gasteiger partial charge in [-0.25, -0.2) is 9.97 Å². The first-order valence-corrected chi connectivity index (χ1v) is 8.56. The smallest absolute Gasteiger partial charge is 0.270 e. The van der Waals surface area contributed by atoms with Gasteiger partial charge in [-0.1, -0.05) is 25.8 Å². The van der Waals surface area contributed by atoms with Crippen LogP contribution in [-0.2, 0) is 0 Å². The summed E-state index contributed by atoms with van der Waals surface area (Å²) in [7, 11) is 0. The van der Waals surface area contributed by atoms with Gasteiger partial charge >= 0.3 is 0 Å². The summed E-state index contributed by atoms with van der Waals surface area (Å²) in [4.78, 5) is 33.3. The molecular formula is C19H20N4O3. The predicted octanol–water partition coefficient (Wildman–Crippen LogP) is 2.91. The van der Waals surface area contributed by atoms with E-state index in [4.69, 9.17) is 4.74 Å². The maximum Gasteiger partial charge on any atom is 0.270 e. The fourth-order valence-corrected chi connectivity index (χ4v) is 2.49. The summed E-state index contributed by atoms with van der Waals surface area (Å²) < 4.78 is 7.03. The monoisotopic (exact) mass is 352 g/mol. The summed E-state index contributed by atoms with van der Waals surface area (Å²) in [6.45, 7) is 2.66. The van der Waals surface area contributed by atoms with Crippen LogP contribution in [0.4, 0.5) is 5.82 Å². The second kappa shape index (κ2) is 8.24. The summed E-state index contributed by atoms with van der Waals surface area (Å²) in [5.74, 6) is 0.190. The molecular weight excluding hydrogens is 332 g/mol. The van der Waals surface area contributed by atoms with E-state index < -0.39 is 11.5 Å². The van der Waals surface area contributed by atoms with Crippen LogP contribution in [0.25, 0.3) is 5.65 Å². The van der Waals surface area contributed by atoms with Crippen LogP contribution in [0.2, 0.25) is 0 Å². The summed E-state index contributed by atoms with van der Waals surface area (Å²) in [5.41, 5.74) is -0.0161. The second-order valence-corrected chi connectivity index (χ2v) is 5.77. The third-order valence-electron chi connectivity index (χ3n) is 3.87. The zero-order chi connectivity index (χ0) is 18.4. The molecule has 0 aliphatic carbocycles. The van der Waals surface area contributed by atoms with Gasteiger partial charge in [0.2, 0.25) is 0 Å². The number of carbonyl (C=O) groups excluding carboxylic acids is 1. The van der Waals surface area contributed by atoms with E-state index in [1.54, 1.807) is 42.7 Å². The molecule has 0 unspecified atom stereocenters. The van der Waals surface area contributed by atoms with E-state index in [1.807, 2.05) is 0 Å². The number of unbranched alkanes of at least 4 members (excludes halogenated alkanes) is 2. The molecule has 7 heteroatoms. The van der Waals surface area contributed by atoms with Crippen molar-refractivity contribution in [1.29, 1.82) is 0 Å². The summed E-state index contributed by atoms with van der Waals surface area (Å²) in [6.07, 6.45) is 7.50. The zero-order valence-electron chi connectivity index (χ0n) is 14.5. The van der Waals surface area contributed by atoms with Crippen molar-refractivity contribution in [3.63, 3.8) is 0 Å². The number of fused-ring (bicyclic) bond motifs is 1. The van der Waals surface area contributed by atoms with Gasteiger partial charge < -0.3 is 10.1 Å². The van der Waals surface area contributed by atoms with Crippen molar-refractivity contribution in [2.24, 2.45) is 0 Å². The second-order valence-electron chi connectivity index (χ2n) is 5.77. The molecule has 3 aromatic heterocycles. The molecule has 0 aliphatic rings. The molecule has 0 spiro atoms. The van der Waals surface area contributed by atoms with E-state index in [-0.39, 0.29) is 11.4 Å². The largest absolute Gasteiger partial charge is 0.490 e. The summed E-state index contributed by atoms with van der Waals surface area (Å²) in [6, 6.07) is 8.65. The van der Waals surface area contributed by atoms with Gasteiger partial charge in [-0.2, -0.15) is 0 Å². The minimum Gasteiger partial charge on any atom is -0.490 e. The Labute approximate surface area is 150 Å². The van der Waals surface area contributed by atoms with Gasteiger partial charge in [-0.3, -0.25) is 14.0 Å². The van der Waals surface area contributed by atoms with Crippen LogP contribution in [0.5, 0.6) is 5.75 Å². The van der Waals surface area contributed by atoms with E-state index in [0.717, 1.165) is 19.3 Å². The molecule has 3 heterocycles. The lowest BCUT2D eigenvalue weighted by atomic mass is 10.3. The molecule has 0 aromatic carbocycles. The quantitative estimate of drug-likeness (QED) is 0.661. The number of aromatic nitrogens is 3. The van der Waals surface area contributed by atoms with Crippen molar-refractivity contribution in [2.75, 3.05) is 11.9 Å². The van der Waals surface area contributed by atoms with Crippen molar-refractivity contribution in [2.45, 2.75) is 26.2 Å². The third-order valence-corrected chi connectivity index (χ3v) is 3.87. The van der Waals surface area contributed by atoms with Crippen LogP contribution >= 0.6 is 0 Å². The van der Waals surface area contributed by atoms with Gasteiger partial charge in [-0.05, 0) is 30.7 Å². The van der Waals surface area contributed by atoms with Gasteiger partial charge in [0.05, 0.1) is 6.61 Å². The zero-order valence-corrected chi connectivity index (χ0v) is 14.5. The lowest BCUT2D eigenvalue weighted by molar-refractivity contribution is 0.102. The lowest BCUT2D eigenvalue weighted by Gasteiger charge is -2.11. The van der Waals surface area contributed by atoms with Gasteiger partial charge in [0.1, 0.15) is 11.2 Å². The van der Waals surface area contributed by atoms with Crippen LogP contribution < -0.4 is 15.6 Å². The minimum atomic E-state index is -0.571. The van der Waals surface area contributed by atoms with Gasteiger partial charge in [-0.15, -0.1) is 0 Å². The average molecular weight is 352 g/mol. The van der Waals surface area contributed by atoms with Crippen molar-refractivity contribution in [3.8, 4) is 5.75 Å². The number of rotatable bonds is 7. The Balaban J connectivity index is 1.80. The number of nitrogens with zero attached hydrogens (tertiary/aromatic N) is 3. The number of hydrogen-bond donors (Lipinski definition) is 1. The maximum absolute atomic E-state index is 12.5. The topological polar surface area (TPSA) is 85.6 Å². The molecule has 0 fully saturated rings. The molecule has 0 saturated heterocycles. The van der Waals surface area contributed by atoms with Crippen molar-refractivity contribution >= 4 is 17.4 Å². The SMILES string of the molecule is CCCCCOc1cccnc1NC(=O)c1cnc2ccccn2c1=O. The third kappa shape index (κ3) is 3.88. The van der Waals surface area contributed by atoms with Crippen LogP contribution in [-0.4, -0.2) is 26.9 Å². The first-order valence-electron chi connectivity index (χ1n) is 8.56. The molecule has 0 saturated carbocycles. The standard InChI is InChI=1S/C19H20N4O3/c1-2-3-6-12-26-15-8-7-10-20-17(15)22-18(24)14-13-21-16-9-4-5-11-23(16)19(14)25/h4-5,7-11,13H,2-3,6,12H2,1H3,(H,20,22,24). The molecule has 134 valence electrons. The number of anilines is 1. The first-order chi connectivity index (χ1) is 12.7. The highest BCUT2D eigenvalue weighted by Crippen LogP contribution is 2.21. The molecule has 0 atom stereocenters. The molecule has 3 rings (SSSR count). The van der Waals surface area contributed by atoms with Crippen molar-refractivity contribution in [3.05, 3.63) is 64.8 Å². The van der Waals surface area contributed by atoms with E-state index in [1.165, 1.54) is 10.6 Å². The average Bonchev–Trinajstić information content (AvgIpc) is 2.67. The Morgan fingerprint density at radius 1 is 1.19 bits per heavy atom. The molecule has 3 aromatic rings. The Hall–Kier alpha value is -3.22. The predicted molar refractivity (Wildman–Crippen MR) is 98.7 cm³/mol. The Bertz CT molecular complexity index is 968. The summed E-state index contributed by atoms with van der Waals surface area (Å²) in [5, 5.41) is 2.64. The highest BCUT2D eigenvalue weighted by molar-refractivity contribution is 6.04. The molecule has 26 heavy (non-hydrogen) atoms. The van der Waals surface area contributed by atoms with E-state index in [2.05, 4.69) is 22.2 Å². The number of hydrogen-bond acceptors (Lipinski definition) is 5. The lowest BCUT2D eigenvalue weighted by Crippen LogP contribution is -2.27. The fraction of sp³-hybridized carbons (Fsp3) is 0.263. The number of ether oxygens (including phenoxy) is 1. The van der Waals surface area contributed by atoms with Crippen molar-refractivity contribution < 1.29 is 9.53 Å². The minimum absolute atomic E-state index is 0.0590. The van der Waals surface area contributed by atoms with Gasteiger partial charge in [0.25, 0.3) is 11.5 Å². The van der Waals surface area contributed by atoms with Crippen molar-refractivity contribution in [1.82, 2.24) is 14.4 Å². The molecule has 7 nitrogen and oxygen atoms in total. The van der Waals surface area contributed by atoms with Crippen LogP contribution in [0.15, 0.2) is 53.7 Å². The molecule has 0 bridgehead atoms. The highest BCUT2D eigenvalue weighted by atomic mass is 16.5. The molecule has 0 aliphatic heterocycles. The van der Waals surface area contributed by atoms with Crippen LogP contribution in [0.1, 0.15) is 36.5 Å². The number of carbonyl (C=O) groups is 1. The Morgan fingerprint density at radius 2 is 2.08 bits per heavy atom. The normalized spacial score (nSPS) is 10.7. The highest BCUT2D eigenvalue weighted by Gasteiger charge is 2.16. The first kappa shape index (κ1) is 17.6. The molecule has 1 amide bonds. The molecule has 0 radical (unpaired) electrons. The Kier molecular flexibility index (Phi) is 5.58. The van der Waals surface area contributed by atoms with Gasteiger partial charge in [0, 0.05) is 18.6 Å². The van der Waals surface area contributed by atoms with E-state index in [0.29, 0.717) is 18.0 Å². The van der Waals surface area contributed by atoms with Crippen LogP contribution in [0, 0.1) is 0 Å². The van der Waals surface area contributed by atoms with Crippen LogP contribution in [0.3, 0.4) is 0 Å². The summed E-state index contributed by atoms with van der Waals surface area (Å²) >= 11 is 0. The Morgan fingerprint density at radius 3 is 2.92 bits per heavy atom. The number of pyridine rings is 2. The fourth-order valence-electron chi connectivity index (χ4n) is 2.49. The molecule has 1 N–H and O–H groups in total. The van der Waals surface area contributed by atoms with E-state index >= 15 is 0 Å². The van der Waals surface area contributed by atoms with E-state index in [9.17, 15) is 9.59 Å². The maximum atomic E-state index is 12.5.